The molecular formula is C23H25N3O4S. The van der Waals surface area contributed by atoms with E-state index in [1.165, 1.54) is 16.9 Å². The van der Waals surface area contributed by atoms with Crippen molar-refractivity contribution in [2.75, 3.05) is 32.9 Å². The van der Waals surface area contributed by atoms with Crippen LogP contribution in [0.5, 0.6) is 11.6 Å². The van der Waals surface area contributed by atoms with Gasteiger partial charge in [0, 0.05) is 18.0 Å². The average Bonchev–Trinajstić information content (AvgIpc) is 3.36. The molecule has 0 saturated carbocycles. The number of aromatic nitrogens is 2. The van der Waals surface area contributed by atoms with Gasteiger partial charge in [-0.25, -0.2) is 9.78 Å². The molecule has 8 heteroatoms. The Balaban J connectivity index is 1.46. The van der Waals surface area contributed by atoms with Gasteiger partial charge in [-0.1, -0.05) is 0 Å². The van der Waals surface area contributed by atoms with Gasteiger partial charge in [0.15, 0.2) is 0 Å². The zero-order chi connectivity index (χ0) is 21.2. The maximum absolute atomic E-state index is 11.9. The highest BCUT2D eigenvalue weighted by atomic mass is 32.1. The fourth-order valence-electron chi connectivity index (χ4n) is 4.09. The summed E-state index contributed by atoms with van der Waals surface area (Å²) in [5, 5.41) is 1.04. The third-order valence-electron chi connectivity index (χ3n) is 5.63. The molecule has 0 N–H and O–H groups in total. The molecule has 3 aromatic rings. The molecule has 0 spiro atoms. The highest BCUT2D eigenvalue weighted by Crippen LogP contribution is 2.41. The van der Waals surface area contributed by atoms with Crippen LogP contribution >= 0.6 is 11.3 Å². The molecule has 5 rings (SSSR count). The molecule has 3 heterocycles. The van der Waals surface area contributed by atoms with E-state index in [1.54, 1.807) is 42.5 Å². The van der Waals surface area contributed by atoms with Crippen molar-refractivity contribution in [1.82, 2.24) is 14.9 Å². The van der Waals surface area contributed by atoms with Crippen LogP contribution in [0.3, 0.4) is 0 Å². The number of hydrogen-bond acceptors (Lipinski definition) is 8. The highest BCUT2D eigenvalue weighted by molar-refractivity contribution is 7.19. The lowest BCUT2D eigenvalue weighted by Gasteiger charge is -2.25. The Morgan fingerprint density at radius 2 is 1.97 bits per heavy atom. The first-order chi connectivity index (χ1) is 15.2. The third kappa shape index (κ3) is 4.28. The maximum Gasteiger partial charge on any atom is 0.338 e. The molecule has 1 saturated heterocycles. The number of thiophene rings is 1. The number of hydrogen-bond donors (Lipinski definition) is 0. The summed E-state index contributed by atoms with van der Waals surface area (Å²) in [5.74, 6) is 1.69. The molecule has 0 bridgehead atoms. The van der Waals surface area contributed by atoms with Crippen LogP contribution in [0.2, 0.25) is 0 Å². The lowest BCUT2D eigenvalue weighted by Crippen LogP contribution is -2.36. The van der Waals surface area contributed by atoms with E-state index in [0.29, 0.717) is 30.3 Å². The number of aryl methyl sites for hydroxylation is 2. The van der Waals surface area contributed by atoms with Crippen LogP contribution in [-0.2, 0) is 28.9 Å². The largest absolute Gasteiger partial charge is 0.462 e. The number of esters is 1. The van der Waals surface area contributed by atoms with E-state index in [9.17, 15) is 4.79 Å². The maximum atomic E-state index is 11.9. The molecule has 0 radical (unpaired) electrons. The molecule has 31 heavy (non-hydrogen) atoms. The highest BCUT2D eigenvalue weighted by Gasteiger charge is 2.24. The number of fused-ring (bicyclic) bond motifs is 3. The van der Waals surface area contributed by atoms with Crippen LogP contribution in [0.25, 0.3) is 10.2 Å². The van der Waals surface area contributed by atoms with E-state index in [0.717, 1.165) is 55.2 Å². The first-order valence-corrected chi connectivity index (χ1v) is 11.6. The minimum Gasteiger partial charge on any atom is -0.462 e. The van der Waals surface area contributed by atoms with E-state index < -0.39 is 0 Å². The Morgan fingerprint density at radius 3 is 2.74 bits per heavy atom. The number of carbonyl (C=O) groups is 1. The molecule has 1 fully saturated rings. The summed E-state index contributed by atoms with van der Waals surface area (Å²) in [4.78, 5) is 26.3. The molecule has 1 aliphatic heterocycles. The zero-order valence-corrected chi connectivity index (χ0v) is 18.4. The van der Waals surface area contributed by atoms with Crippen LogP contribution in [0, 0.1) is 0 Å². The number of morpholine rings is 1. The van der Waals surface area contributed by atoms with Crippen molar-refractivity contribution in [3.63, 3.8) is 0 Å². The van der Waals surface area contributed by atoms with Crippen molar-refractivity contribution in [3.05, 3.63) is 46.1 Å². The number of ether oxygens (including phenoxy) is 3. The van der Waals surface area contributed by atoms with Crippen LogP contribution in [0.4, 0.5) is 0 Å². The summed E-state index contributed by atoms with van der Waals surface area (Å²) in [6.45, 7) is 6.08. The molecule has 7 nitrogen and oxygen atoms in total. The number of rotatable bonds is 6. The molecule has 1 aromatic carbocycles. The fourth-order valence-corrected chi connectivity index (χ4v) is 5.36. The second-order valence-electron chi connectivity index (χ2n) is 7.72. The van der Waals surface area contributed by atoms with Crippen molar-refractivity contribution in [3.8, 4) is 11.6 Å². The number of benzene rings is 1. The van der Waals surface area contributed by atoms with Crippen LogP contribution in [0.15, 0.2) is 24.3 Å². The van der Waals surface area contributed by atoms with E-state index in [2.05, 4.69) is 4.90 Å². The Morgan fingerprint density at radius 1 is 1.16 bits per heavy atom. The summed E-state index contributed by atoms with van der Waals surface area (Å²) in [6, 6.07) is 7.01. The SMILES string of the molecule is CCOC(=O)c1ccc(Oc2nc(CN3CCOCC3)nc3sc4c(c23)CCC4)cc1. The Hall–Kier alpha value is -2.55. The van der Waals surface area contributed by atoms with Crippen molar-refractivity contribution in [2.45, 2.75) is 32.7 Å². The summed E-state index contributed by atoms with van der Waals surface area (Å²) < 4.78 is 16.8. The zero-order valence-electron chi connectivity index (χ0n) is 17.6. The Kier molecular flexibility index (Phi) is 5.85. The molecule has 0 atom stereocenters. The van der Waals surface area contributed by atoms with Crippen LogP contribution in [0.1, 0.15) is 40.0 Å². The number of nitrogens with zero attached hydrogens (tertiary/aromatic N) is 3. The molecule has 162 valence electrons. The van der Waals surface area contributed by atoms with E-state index >= 15 is 0 Å². The van der Waals surface area contributed by atoms with Crippen molar-refractivity contribution < 1.29 is 19.0 Å². The Bertz CT molecular complexity index is 1090. The van der Waals surface area contributed by atoms with Crippen molar-refractivity contribution in [1.29, 1.82) is 0 Å². The minimum absolute atomic E-state index is 0.332. The third-order valence-corrected chi connectivity index (χ3v) is 6.81. The molecule has 0 unspecified atom stereocenters. The second kappa shape index (κ2) is 8.90. The first kappa shape index (κ1) is 20.4. The van der Waals surface area contributed by atoms with Gasteiger partial charge in [0.05, 0.1) is 37.3 Å². The smallest absolute Gasteiger partial charge is 0.338 e. The molecule has 0 amide bonds. The lowest BCUT2D eigenvalue weighted by molar-refractivity contribution is 0.0330. The molecule has 2 aromatic heterocycles. The standard InChI is InChI=1S/C23H25N3O4S/c1-2-29-23(27)15-6-8-16(9-7-15)30-21-20-17-4-3-5-18(17)31-22(20)25-19(24-21)14-26-10-12-28-13-11-26/h6-9H,2-5,10-14H2,1H3. The monoisotopic (exact) mass is 439 g/mol. The molecular weight excluding hydrogens is 414 g/mol. The first-order valence-electron chi connectivity index (χ1n) is 10.8. The van der Waals surface area contributed by atoms with Gasteiger partial charge in [0.25, 0.3) is 0 Å². The van der Waals surface area contributed by atoms with Gasteiger partial charge in [0.2, 0.25) is 5.88 Å². The lowest BCUT2D eigenvalue weighted by atomic mass is 10.2. The van der Waals surface area contributed by atoms with Gasteiger partial charge in [0.1, 0.15) is 16.4 Å². The van der Waals surface area contributed by atoms with Gasteiger partial charge >= 0.3 is 5.97 Å². The Labute approximate surface area is 185 Å². The summed E-state index contributed by atoms with van der Waals surface area (Å²) in [5.41, 5.74) is 1.84. The van der Waals surface area contributed by atoms with Gasteiger partial charge in [-0.05, 0) is 56.0 Å². The quantitative estimate of drug-likeness (QED) is 0.538. The van der Waals surface area contributed by atoms with E-state index in [4.69, 9.17) is 24.2 Å². The van der Waals surface area contributed by atoms with Crippen molar-refractivity contribution >= 4 is 27.5 Å². The topological polar surface area (TPSA) is 73.8 Å². The predicted molar refractivity (Wildman–Crippen MR) is 118 cm³/mol. The number of carbonyl (C=O) groups excluding carboxylic acids is 1. The van der Waals surface area contributed by atoms with Crippen LogP contribution < -0.4 is 4.74 Å². The van der Waals surface area contributed by atoms with Crippen molar-refractivity contribution in [2.24, 2.45) is 0 Å². The minimum atomic E-state index is -0.332. The summed E-state index contributed by atoms with van der Waals surface area (Å²) >= 11 is 1.76. The van der Waals surface area contributed by atoms with Gasteiger partial charge < -0.3 is 14.2 Å². The fraction of sp³-hybridized carbons (Fsp3) is 0.435. The van der Waals surface area contributed by atoms with E-state index in [-0.39, 0.29) is 5.97 Å². The van der Waals surface area contributed by atoms with Gasteiger partial charge in [-0.15, -0.1) is 11.3 Å². The molecule has 1 aliphatic carbocycles. The predicted octanol–water partition coefficient (Wildman–Crippen LogP) is 3.98. The van der Waals surface area contributed by atoms with Crippen LogP contribution in [-0.4, -0.2) is 53.7 Å². The normalized spacial score (nSPS) is 16.4. The van der Waals surface area contributed by atoms with Gasteiger partial charge in [-0.3, -0.25) is 4.90 Å². The van der Waals surface area contributed by atoms with Gasteiger partial charge in [-0.2, -0.15) is 4.98 Å². The average molecular weight is 440 g/mol. The summed E-state index contributed by atoms with van der Waals surface area (Å²) in [6.07, 6.45) is 3.31. The molecule has 2 aliphatic rings. The second-order valence-corrected chi connectivity index (χ2v) is 8.80. The van der Waals surface area contributed by atoms with E-state index in [1.807, 2.05) is 0 Å². The summed E-state index contributed by atoms with van der Waals surface area (Å²) in [7, 11) is 0.